The fourth-order valence-corrected chi connectivity index (χ4v) is 1.63. The van der Waals surface area contributed by atoms with Crippen molar-refractivity contribution in [3.05, 3.63) is 0 Å². The Hall–Kier alpha value is -0.570. The molecule has 76 valence electrons. The summed E-state index contributed by atoms with van der Waals surface area (Å²) in [4.78, 5) is 11.2. The van der Waals surface area contributed by atoms with Crippen LogP contribution >= 0.6 is 0 Å². The Kier molecular flexibility index (Phi) is 4.22. The molecule has 0 amide bonds. The summed E-state index contributed by atoms with van der Waals surface area (Å²) in [7, 11) is 0. The summed E-state index contributed by atoms with van der Waals surface area (Å²) < 4.78 is 10.4. The van der Waals surface area contributed by atoms with Gasteiger partial charge in [0.25, 0.3) is 0 Å². The minimum absolute atomic E-state index is 0.241. The summed E-state index contributed by atoms with van der Waals surface area (Å²) in [6.45, 7) is 3.99. The summed E-state index contributed by atoms with van der Waals surface area (Å²) in [6, 6.07) is 0. The maximum atomic E-state index is 11.2. The van der Waals surface area contributed by atoms with Crippen molar-refractivity contribution in [2.75, 3.05) is 6.61 Å². The van der Waals surface area contributed by atoms with Gasteiger partial charge in [0.15, 0.2) is 6.10 Å². The largest absolute Gasteiger partial charge is 0.464 e. The minimum Gasteiger partial charge on any atom is -0.464 e. The van der Waals surface area contributed by atoms with Crippen molar-refractivity contribution in [2.24, 2.45) is 0 Å². The molecule has 1 rings (SSSR count). The van der Waals surface area contributed by atoms with Gasteiger partial charge in [0.05, 0.1) is 12.7 Å². The summed E-state index contributed by atoms with van der Waals surface area (Å²) in [5, 5.41) is 0. The average Bonchev–Trinajstić information content (AvgIpc) is 2.57. The van der Waals surface area contributed by atoms with Crippen LogP contribution in [0.5, 0.6) is 0 Å². The van der Waals surface area contributed by atoms with Crippen molar-refractivity contribution in [2.45, 2.75) is 51.7 Å². The van der Waals surface area contributed by atoms with Crippen LogP contribution in [0.2, 0.25) is 0 Å². The van der Waals surface area contributed by atoms with Gasteiger partial charge in [-0.15, -0.1) is 0 Å². The van der Waals surface area contributed by atoms with Gasteiger partial charge in [0.2, 0.25) is 0 Å². The van der Waals surface area contributed by atoms with Crippen LogP contribution in [0, 0.1) is 0 Å². The molecule has 0 spiro atoms. The predicted molar refractivity (Wildman–Crippen MR) is 49.4 cm³/mol. The van der Waals surface area contributed by atoms with Crippen molar-refractivity contribution in [1.82, 2.24) is 0 Å². The molecule has 1 aliphatic rings. The predicted octanol–water partition coefficient (Wildman–Crippen LogP) is 1.90. The van der Waals surface area contributed by atoms with Gasteiger partial charge in [-0.05, 0) is 26.7 Å². The molecule has 1 fully saturated rings. The normalized spacial score (nSPS) is 20.2. The van der Waals surface area contributed by atoms with Crippen LogP contribution in [0.25, 0.3) is 0 Å². The first-order valence-electron chi connectivity index (χ1n) is 5.06. The number of rotatable bonds is 4. The second-order valence-electron chi connectivity index (χ2n) is 3.44. The summed E-state index contributed by atoms with van der Waals surface area (Å²) in [6.07, 6.45) is 4.50. The Morgan fingerprint density at radius 2 is 2.08 bits per heavy atom. The molecular formula is C10H18O3. The van der Waals surface area contributed by atoms with Crippen LogP contribution in [-0.4, -0.2) is 24.8 Å². The van der Waals surface area contributed by atoms with Crippen LogP contribution in [0.4, 0.5) is 0 Å². The smallest absolute Gasteiger partial charge is 0.334 e. The lowest BCUT2D eigenvalue weighted by atomic mass is 10.3. The fourth-order valence-electron chi connectivity index (χ4n) is 1.63. The number of hydrogen-bond donors (Lipinski definition) is 0. The third-order valence-electron chi connectivity index (χ3n) is 2.32. The highest BCUT2D eigenvalue weighted by atomic mass is 16.6. The van der Waals surface area contributed by atoms with Crippen LogP contribution in [0.3, 0.4) is 0 Å². The molecule has 3 heteroatoms. The van der Waals surface area contributed by atoms with Crippen LogP contribution in [0.1, 0.15) is 39.5 Å². The second-order valence-corrected chi connectivity index (χ2v) is 3.44. The Morgan fingerprint density at radius 3 is 2.62 bits per heavy atom. The molecule has 0 aromatic rings. The molecule has 1 saturated carbocycles. The van der Waals surface area contributed by atoms with Gasteiger partial charge >= 0.3 is 5.97 Å². The van der Waals surface area contributed by atoms with Crippen LogP contribution in [-0.2, 0) is 14.3 Å². The number of carbonyl (C=O) groups is 1. The zero-order valence-electron chi connectivity index (χ0n) is 8.41. The minimum atomic E-state index is -0.400. The quantitative estimate of drug-likeness (QED) is 0.629. The molecule has 0 aromatic carbocycles. The van der Waals surface area contributed by atoms with Crippen molar-refractivity contribution in [3.8, 4) is 0 Å². The lowest BCUT2D eigenvalue weighted by molar-refractivity contribution is -0.158. The van der Waals surface area contributed by atoms with E-state index in [0.717, 1.165) is 12.8 Å². The van der Waals surface area contributed by atoms with E-state index in [4.69, 9.17) is 9.47 Å². The molecule has 1 unspecified atom stereocenters. The maximum absolute atomic E-state index is 11.2. The van der Waals surface area contributed by atoms with Crippen molar-refractivity contribution in [3.63, 3.8) is 0 Å². The standard InChI is InChI=1S/C10H18O3/c1-3-12-10(11)8(2)13-9-6-4-5-7-9/h8-9H,3-7H2,1-2H3. The van der Waals surface area contributed by atoms with Gasteiger partial charge < -0.3 is 9.47 Å². The van der Waals surface area contributed by atoms with Gasteiger partial charge in [0, 0.05) is 0 Å². The van der Waals surface area contributed by atoms with Crippen molar-refractivity contribution in [1.29, 1.82) is 0 Å². The topological polar surface area (TPSA) is 35.5 Å². The van der Waals surface area contributed by atoms with Gasteiger partial charge in [-0.1, -0.05) is 12.8 Å². The monoisotopic (exact) mass is 186 g/mol. The Labute approximate surface area is 79.4 Å². The fraction of sp³-hybridized carbons (Fsp3) is 0.900. The molecule has 0 saturated heterocycles. The zero-order chi connectivity index (χ0) is 9.68. The van der Waals surface area contributed by atoms with Gasteiger partial charge in [-0.3, -0.25) is 0 Å². The zero-order valence-corrected chi connectivity index (χ0v) is 8.41. The second kappa shape index (κ2) is 5.22. The van der Waals surface area contributed by atoms with E-state index in [9.17, 15) is 4.79 Å². The van der Waals surface area contributed by atoms with Gasteiger partial charge in [-0.25, -0.2) is 4.79 Å². The third kappa shape index (κ3) is 3.35. The van der Waals surface area contributed by atoms with E-state index in [-0.39, 0.29) is 12.1 Å². The summed E-state index contributed by atoms with van der Waals surface area (Å²) >= 11 is 0. The first-order chi connectivity index (χ1) is 6.24. The maximum Gasteiger partial charge on any atom is 0.334 e. The first kappa shape index (κ1) is 10.5. The molecule has 13 heavy (non-hydrogen) atoms. The van der Waals surface area contributed by atoms with E-state index in [2.05, 4.69) is 0 Å². The molecule has 1 atom stereocenters. The SMILES string of the molecule is CCOC(=O)C(C)OC1CCCC1. The first-order valence-corrected chi connectivity index (χ1v) is 5.06. The molecule has 0 heterocycles. The van der Waals surface area contributed by atoms with Crippen molar-refractivity contribution < 1.29 is 14.3 Å². The Balaban J connectivity index is 2.22. The van der Waals surface area contributed by atoms with E-state index in [0.29, 0.717) is 6.61 Å². The third-order valence-corrected chi connectivity index (χ3v) is 2.32. The van der Waals surface area contributed by atoms with Crippen LogP contribution < -0.4 is 0 Å². The summed E-state index contributed by atoms with van der Waals surface area (Å²) in [5.74, 6) is -0.241. The molecule has 3 nitrogen and oxygen atoms in total. The highest BCUT2D eigenvalue weighted by molar-refractivity contribution is 5.74. The van der Waals surface area contributed by atoms with E-state index in [1.54, 1.807) is 13.8 Å². The molecular weight excluding hydrogens is 168 g/mol. The number of ether oxygens (including phenoxy) is 2. The highest BCUT2D eigenvalue weighted by Gasteiger charge is 2.22. The lowest BCUT2D eigenvalue weighted by Crippen LogP contribution is -2.27. The Morgan fingerprint density at radius 1 is 1.46 bits per heavy atom. The number of carbonyl (C=O) groups excluding carboxylic acids is 1. The molecule has 1 aliphatic carbocycles. The highest BCUT2D eigenvalue weighted by Crippen LogP contribution is 2.22. The molecule has 0 aliphatic heterocycles. The molecule has 0 radical (unpaired) electrons. The van der Waals surface area contributed by atoms with E-state index in [1.165, 1.54) is 12.8 Å². The molecule has 0 aromatic heterocycles. The van der Waals surface area contributed by atoms with E-state index in [1.807, 2.05) is 0 Å². The van der Waals surface area contributed by atoms with Crippen molar-refractivity contribution >= 4 is 5.97 Å². The molecule has 0 bridgehead atoms. The van der Waals surface area contributed by atoms with E-state index < -0.39 is 6.10 Å². The molecule has 0 N–H and O–H groups in total. The van der Waals surface area contributed by atoms with Gasteiger partial charge in [-0.2, -0.15) is 0 Å². The summed E-state index contributed by atoms with van der Waals surface area (Å²) in [5.41, 5.74) is 0. The Bertz CT molecular complexity index is 162. The average molecular weight is 186 g/mol. The number of hydrogen-bond acceptors (Lipinski definition) is 3. The lowest BCUT2D eigenvalue weighted by Gasteiger charge is -2.16. The van der Waals surface area contributed by atoms with E-state index >= 15 is 0 Å². The number of esters is 1. The van der Waals surface area contributed by atoms with Crippen LogP contribution in [0.15, 0.2) is 0 Å². The van der Waals surface area contributed by atoms with Gasteiger partial charge in [0.1, 0.15) is 0 Å².